The number of benzene rings is 2. The zero-order valence-electron chi connectivity index (χ0n) is 20.8. The van der Waals surface area contributed by atoms with Crippen LogP contribution in [0.4, 0.5) is 0 Å². The van der Waals surface area contributed by atoms with E-state index >= 15 is 0 Å². The van der Waals surface area contributed by atoms with Gasteiger partial charge in [0.15, 0.2) is 0 Å². The van der Waals surface area contributed by atoms with E-state index in [-0.39, 0.29) is 0 Å². The van der Waals surface area contributed by atoms with Gasteiger partial charge >= 0.3 is 0 Å². The Balaban J connectivity index is 1.15. The summed E-state index contributed by atoms with van der Waals surface area (Å²) in [6, 6.07) is 18.5. The summed E-state index contributed by atoms with van der Waals surface area (Å²) < 4.78 is 0. The van der Waals surface area contributed by atoms with E-state index in [1.54, 1.807) is 11.1 Å². The maximum Gasteiger partial charge on any atom is 0.0375 e. The largest absolute Gasteiger partial charge is 0.145 e. The van der Waals surface area contributed by atoms with Gasteiger partial charge in [-0.2, -0.15) is 0 Å². The van der Waals surface area contributed by atoms with Gasteiger partial charge in [0.2, 0.25) is 0 Å². The molecule has 0 nitrogen and oxygen atoms in total. The molecule has 6 atom stereocenters. The second kappa shape index (κ2) is 8.64. The van der Waals surface area contributed by atoms with Gasteiger partial charge in [0.05, 0.1) is 0 Å². The standard InChI is InChI=1S/C36H30S/c1-2-13-29-27(11-1)28-12-3-4-14-30(28)34-22-24(19-20-31(29)34)23-9-7-10-25(21-23)26-16-8-17-33-32-15-5-6-18-35(32)37-36(26)33/h2-10,12-22,26,31-32,34-36H,1,11H2. The Morgan fingerprint density at radius 2 is 1.68 bits per heavy atom. The highest BCUT2D eigenvalue weighted by Gasteiger charge is 2.42. The smallest absolute Gasteiger partial charge is 0.0375 e. The molecule has 0 aromatic heterocycles. The molecule has 6 aliphatic rings. The van der Waals surface area contributed by atoms with Gasteiger partial charge in [-0.25, -0.2) is 0 Å². The van der Waals surface area contributed by atoms with Gasteiger partial charge in [-0.05, 0) is 57.4 Å². The van der Waals surface area contributed by atoms with Crippen LogP contribution < -0.4 is 0 Å². The van der Waals surface area contributed by atoms with E-state index in [2.05, 4.69) is 133 Å². The lowest BCUT2D eigenvalue weighted by atomic mass is 9.67. The summed E-state index contributed by atoms with van der Waals surface area (Å²) in [6.45, 7) is 0. The van der Waals surface area contributed by atoms with Crippen LogP contribution in [0.1, 0.15) is 46.9 Å². The Hall–Kier alpha value is -3.29. The molecule has 37 heavy (non-hydrogen) atoms. The third-order valence-corrected chi connectivity index (χ3v) is 10.7. The Morgan fingerprint density at radius 1 is 0.757 bits per heavy atom. The summed E-state index contributed by atoms with van der Waals surface area (Å²) in [5.74, 6) is 1.82. The molecular formula is C36H30S. The van der Waals surface area contributed by atoms with Crippen LogP contribution in [0.25, 0.3) is 11.1 Å². The highest BCUT2D eigenvalue weighted by Crippen LogP contribution is 2.53. The number of thioether (sulfide) groups is 1. The van der Waals surface area contributed by atoms with E-state index in [4.69, 9.17) is 0 Å². The number of allylic oxidation sites excluding steroid dienone is 14. The van der Waals surface area contributed by atoms with Gasteiger partial charge in [-0.1, -0.05) is 121 Å². The normalized spacial score (nSPS) is 32.2. The predicted molar refractivity (Wildman–Crippen MR) is 158 cm³/mol. The lowest BCUT2D eigenvalue weighted by molar-refractivity contribution is 0.657. The van der Waals surface area contributed by atoms with Gasteiger partial charge < -0.3 is 0 Å². The Bertz CT molecular complexity index is 1530. The van der Waals surface area contributed by atoms with Gasteiger partial charge in [0, 0.05) is 34.2 Å². The Morgan fingerprint density at radius 3 is 2.68 bits per heavy atom. The molecule has 1 heteroatoms. The quantitative estimate of drug-likeness (QED) is 0.401. The van der Waals surface area contributed by atoms with Gasteiger partial charge in [-0.15, -0.1) is 11.8 Å². The summed E-state index contributed by atoms with van der Waals surface area (Å²) >= 11 is 2.14. The van der Waals surface area contributed by atoms with E-state index in [1.165, 1.54) is 33.4 Å². The average molecular weight is 495 g/mol. The molecule has 1 fully saturated rings. The zero-order valence-corrected chi connectivity index (χ0v) is 21.7. The Labute approximate surface area is 224 Å². The van der Waals surface area contributed by atoms with Crippen LogP contribution >= 0.6 is 11.8 Å². The molecule has 1 aliphatic heterocycles. The van der Waals surface area contributed by atoms with Crippen LogP contribution in [-0.2, 0) is 0 Å². The molecule has 6 unspecified atom stereocenters. The molecule has 8 rings (SSSR count). The summed E-state index contributed by atoms with van der Waals surface area (Å²) in [6.07, 6.45) is 30.8. The minimum Gasteiger partial charge on any atom is -0.145 e. The highest BCUT2D eigenvalue weighted by atomic mass is 32.2. The molecule has 2 aromatic rings. The predicted octanol–water partition coefficient (Wildman–Crippen LogP) is 8.96. The van der Waals surface area contributed by atoms with Crippen molar-refractivity contribution < 1.29 is 0 Å². The van der Waals surface area contributed by atoms with Crippen LogP contribution in [-0.4, -0.2) is 10.5 Å². The van der Waals surface area contributed by atoms with Crippen LogP contribution in [0.5, 0.6) is 0 Å². The number of hydrogen-bond acceptors (Lipinski definition) is 1. The summed E-state index contributed by atoms with van der Waals surface area (Å²) in [5, 5.41) is 1.10. The van der Waals surface area contributed by atoms with Gasteiger partial charge in [-0.3, -0.25) is 0 Å². The van der Waals surface area contributed by atoms with Crippen molar-refractivity contribution in [3.05, 3.63) is 155 Å². The highest BCUT2D eigenvalue weighted by molar-refractivity contribution is 8.01. The van der Waals surface area contributed by atoms with E-state index in [0.717, 1.165) is 12.8 Å². The van der Waals surface area contributed by atoms with Crippen molar-refractivity contribution in [1.82, 2.24) is 0 Å². The topological polar surface area (TPSA) is 0 Å². The van der Waals surface area contributed by atoms with Crippen molar-refractivity contribution in [2.75, 3.05) is 0 Å². The summed E-state index contributed by atoms with van der Waals surface area (Å²) in [4.78, 5) is 0. The molecular weight excluding hydrogens is 464 g/mol. The van der Waals surface area contributed by atoms with Crippen LogP contribution in [0.15, 0.2) is 133 Å². The number of hydrogen-bond donors (Lipinski definition) is 0. The summed E-state index contributed by atoms with van der Waals surface area (Å²) in [5.41, 5.74) is 11.8. The van der Waals surface area contributed by atoms with Crippen molar-refractivity contribution >= 4 is 22.9 Å². The van der Waals surface area contributed by atoms with Crippen molar-refractivity contribution in [2.45, 2.75) is 35.2 Å². The third-order valence-electron chi connectivity index (χ3n) is 9.08. The molecule has 0 N–H and O–H groups in total. The zero-order chi connectivity index (χ0) is 24.3. The lowest BCUT2D eigenvalue weighted by Crippen LogP contribution is -2.22. The van der Waals surface area contributed by atoms with E-state index in [1.807, 2.05) is 0 Å². The number of fused-ring (bicyclic) bond motifs is 8. The van der Waals surface area contributed by atoms with Crippen LogP contribution in [0.2, 0.25) is 0 Å². The van der Waals surface area contributed by atoms with E-state index < -0.39 is 0 Å². The van der Waals surface area contributed by atoms with Gasteiger partial charge in [0.1, 0.15) is 0 Å². The fourth-order valence-corrected chi connectivity index (χ4v) is 9.10. The minimum atomic E-state index is 0.401. The maximum absolute atomic E-state index is 2.55. The second-order valence-corrected chi connectivity index (χ2v) is 12.3. The monoisotopic (exact) mass is 494 g/mol. The van der Waals surface area contributed by atoms with Crippen molar-refractivity contribution in [1.29, 1.82) is 0 Å². The molecule has 1 heterocycles. The molecule has 0 amide bonds. The van der Waals surface area contributed by atoms with Crippen LogP contribution in [0, 0.1) is 11.8 Å². The van der Waals surface area contributed by atoms with Crippen LogP contribution in [0.3, 0.4) is 0 Å². The molecule has 180 valence electrons. The molecule has 0 radical (unpaired) electrons. The maximum atomic E-state index is 2.55. The first kappa shape index (κ1) is 21.8. The van der Waals surface area contributed by atoms with Crippen molar-refractivity contribution in [2.24, 2.45) is 11.8 Å². The molecule has 5 aliphatic carbocycles. The van der Waals surface area contributed by atoms with Crippen molar-refractivity contribution in [3.63, 3.8) is 0 Å². The fourth-order valence-electron chi connectivity index (χ4n) is 7.35. The molecule has 0 spiro atoms. The fraction of sp³-hybridized carbons (Fsp3) is 0.222. The van der Waals surface area contributed by atoms with Crippen molar-refractivity contribution in [3.8, 4) is 0 Å². The second-order valence-electron chi connectivity index (χ2n) is 11.0. The SMILES string of the molecule is C1=CC2SC3C(=CC=CC3c3cccc(C4=CC5c6ccccc6C6=C(C=CCC6)C5C=C4)c3)C2C=C1. The first-order valence-corrected chi connectivity index (χ1v) is 14.7. The summed E-state index contributed by atoms with van der Waals surface area (Å²) in [7, 11) is 0. The molecule has 2 aromatic carbocycles. The first-order valence-electron chi connectivity index (χ1n) is 13.7. The average Bonchev–Trinajstić information content (AvgIpc) is 3.36. The Kier molecular flexibility index (Phi) is 5.08. The van der Waals surface area contributed by atoms with E-state index in [9.17, 15) is 0 Å². The van der Waals surface area contributed by atoms with Gasteiger partial charge in [0.25, 0.3) is 0 Å². The lowest BCUT2D eigenvalue weighted by Gasteiger charge is -2.37. The number of rotatable bonds is 2. The van der Waals surface area contributed by atoms with E-state index in [0.29, 0.717) is 34.2 Å². The minimum absolute atomic E-state index is 0.401. The molecule has 0 bridgehead atoms. The molecule has 0 saturated carbocycles. The molecule has 1 saturated heterocycles. The third kappa shape index (κ3) is 3.44. The first-order chi connectivity index (χ1) is 18.3.